The van der Waals surface area contributed by atoms with Crippen LogP contribution in [0.3, 0.4) is 0 Å². The van der Waals surface area contributed by atoms with Crippen molar-refractivity contribution < 1.29 is 14.3 Å². The second kappa shape index (κ2) is 6.90. The Labute approximate surface area is 156 Å². The monoisotopic (exact) mass is 370 g/mol. The van der Waals surface area contributed by atoms with Crippen molar-refractivity contribution in [3.8, 4) is 0 Å². The average molecular weight is 370 g/mol. The fraction of sp³-hybridized carbons (Fsp3) is 0.444. The maximum absolute atomic E-state index is 12.7. The summed E-state index contributed by atoms with van der Waals surface area (Å²) in [5.41, 5.74) is 1.15. The first-order valence-electron chi connectivity index (χ1n) is 8.94. The molecule has 2 aliphatic rings. The van der Waals surface area contributed by atoms with Crippen LogP contribution in [0.15, 0.2) is 36.9 Å². The Morgan fingerprint density at radius 2 is 2.26 bits per heavy atom. The molecule has 2 aromatic rings. The molecule has 0 bridgehead atoms. The van der Waals surface area contributed by atoms with Crippen LogP contribution in [-0.2, 0) is 11.3 Å². The third kappa shape index (κ3) is 3.71. The van der Waals surface area contributed by atoms with Crippen LogP contribution in [0.4, 0.5) is 15.3 Å². The number of piperidine rings is 1. The third-order valence-corrected chi connectivity index (χ3v) is 4.96. The first-order chi connectivity index (χ1) is 13.0. The number of benzene rings is 1. The molecule has 0 radical (unpaired) electrons. The minimum atomic E-state index is -0.587. The van der Waals surface area contributed by atoms with E-state index < -0.39 is 5.60 Å². The van der Waals surface area contributed by atoms with Gasteiger partial charge in [-0.15, -0.1) is 0 Å². The van der Waals surface area contributed by atoms with E-state index in [0.717, 1.165) is 24.1 Å². The summed E-state index contributed by atoms with van der Waals surface area (Å²) in [6.07, 6.45) is 4.41. The molecule has 142 valence electrons. The van der Waals surface area contributed by atoms with Gasteiger partial charge in [0.2, 0.25) is 0 Å². The second-order valence-electron chi connectivity index (χ2n) is 7.16. The number of nitrogens with one attached hydrogen (secondary N) is 1. The van der Waals surface area contributed by atoms with Crippen LogP contribution in [0.2, 0.25) is 0 Å². The molecule has 2 fully saturated rings. The Balaban J connectivity index is 1.41. The van der Waals surface area contributed by atoms with Crippen LogP contribution < -0.4 is 5.32 Å². The van der Waals surface area contributed by atoms with Gasteiger partial charge in [0, 0.05) is 19.3 Å². The van der Waals surface area contributed by atoms with E-state index >= 15 is 0 Å². The first-order valence-corrected chi connectivity index (χ1v) is 8.94. The number of hydrogen-bond donors (Lipinski definition) is 1. The normalized spacial score (nSPS) is 22.2. The van der Waals surface area contributed by atoms with Crippen LogP contribution in [0.5, 0.6) is 0 Å². The second-order valence-corrected chi connectivity index (χ2v) is 7.16. The number of aromatic nitrogens is 3. The summed E-state index contributed by atoms with van der Waals surface area (Å²) in [7, 11) is 1.72. The van der Waals surface area contributed by atoms with Crippen molar-refractivity contribution >= 4 is 17.8 Å². The lowest BCUT2D eigenvalue weighted by molar-refractivity contribution is 0.00497. The molecule has 1 spiro atoms. The summed E-state index contributed by atoms with van der Waals surface area (Å²) in [4.78, 5) is 31.7. The van der Waals surface area contributed by atoms with Crippen molar-refractivity contribution in [1.29, 1.82) is 0 Å². The zero-order valence-electron chi connectivity index (χ0n) is 15.2. The summed E-state index contributed by atoms with van der Waals surface area (Å²) in [5.74, 6) is 0. The van der Waals surface area contributed by atoms with Gasteiger partial charge >= 0.3 is 12.1 Å². The molecule has 1 atom stereocenters. The van der Waals surface area contributed by atoms with Crippen molar-refractivity contribution in [3.05, 3.63) is 42.5 Å². The molecule has 1 aromatic carbocycles. The quantitative estimate of drug-likeness (QED) is 0.889. The molecular formula is C18H22N6O3. The van der Waals surface area contributed by atoms with E-state index in [1.54, 1.807) is 27.9 Å². The van der Waals surface area contributed by atoms with Gasteiger partial charge in [0.05, 0.1) is 19.6 Å². The highest BCUT2D eigenvalue weighted by Crippen LogP contribution is 2.31. The molecule has 2 saturated heterocycles. The van der Waals surface area contributed by atoms with Crippen LogP contribution in [0, 0.1) is 0 Å². The Morgan fingerprint density at radius 3 is 3.00 bits per heavy atom. The molecular weight excluding hydrogens is 348 g/mol. The number of anilines is 1. The van der Waals surface area contributed by atoms with E-state index in [4.69, 9.17) is 4.74 Å². The lowest BCUT2D eigenvalue weighted by Crippen LogP contribution is -2.53. The number of likely N-dealkylation sites (tertiary alicyclic amines) is 1. The van der Waals surface area contributed by atoms with Gasteiger partial charge in [-0.3, -0.25) is 0 Å². The SMILES string of the molecule is CN1C[C@@]2(CCCN(C(=O)Nc3cccc(Cn4cncn4)c3)C2)OC1=O. The maximum atomic E-state index is 12.7. The predicted molar refractivity (Wildman–Crippen MR) is 97.2 cm³/mol. The zero-order chi connectivity index (χ0) is 18.9. The standard InChI is InChI=1S/C18H22N6O3/c1-22-10-18(27-17(22)26)6-3-7-23(11-18)16(25)21-15-5-2-4-14(8-15)9-24-13-19-12-20-24/h2,4-5,8,12-13H,3,6-7,9-11H2,1H3,(H,21,25)/t18-/m1/s1. The molecule has 0 aliphatic carbocycles. The summed E-state index contributed by atoms with van der Waals surface area (Å²) < 4.78 is 7.28. The average Bonchev–Trinajstić information content (AvgIpc) is 3.23. The van der Waals surface area contributed by atoms with Crippen molar-refractivity contribution in [1.82, 2.24) is 24.6 Å². The number of hydrogen-bond acceptors (Lipinski definition) is 5. The topological polar surface area (TPSA) is 92.6 Å². The number of likely N-dealkylation sites (N-methyl/N-ethyl adjacent to an activating group) is 1. The molecule has 9 nitrogen and oxygen atoms in total. The van der Waals surface area contributed by atoms with Crippen molar-refractivity contribution in [3.63, 3.8) is 0 Å². The van der Waals surface area contributed by atoms with E-state index in [9.17, 15) is 9.59 Å². The van der Waals surface area contributed by atoms with E-state index in [1.807, 2.05) is 24.3 Å². The summed E-state index contributed by atoms with van der Waals surface area (Å²) in [6.45, 7) is 2.16. The van der Waals surface area contributed by atoms with Gasteiger partial charge in [-0.05, 0) is 30.5 Å². The van der Waals surface area contributed by atoms with E-state index in [-0.39, 0.29) is 12.1 Å². The fourth-order valence-corrected chi connectivity index (χ4v) is 3.73. The molecule has 3 heterocycles. The number of carbonyl (C=O) groups is 2. The van der Waals surface area contributed by atoms with Crippen LogP contribution in [0.1, 0.15) is 18.4 Å². The largest absolute Gasteiger partial charge is 0.439 e. The Morgan fingerprint density at radius 1 is 1.37 bits per heavy atom. The summed E-state index contributed by atoms with van der Waals surface area (Å²) in [5, 5.41) is 7.04. The molecule has 2 aliphatic heterocycles. The van der Waals surface area contributed by atoms with Gasteiger partial charge in [-0.25, -0.2) is 19.3 Å². The molecule has 1 aromatic heterocycles. The number of amides is 3. The van der Waals surface area contributed by atoms with Crippen molar-refractivity contribution in [2.75, 3.05) is 32.0 Å². The fourth-order valence-electron chi connectivity index (χ4n) is 3.73. The number of ether oxygens (including phenoxy) is 1. The smallest absolute Gasteiger partial charge is 0.410 e. The number of urea groups is 1. The molecule has 3 amide bonds. The number of rotatable bonds is 3. The van der Waals surface area contributed by atoms with E-state index in [2.05, 4.69) is 15.4 Å². The van der Waals surface area contributed by atoms with Gasteiger partial charge in [0.15, 0.2) is 0 Å². The van der Waals surface area contributed by atoms with Gasteiger partial charge in [-0.1, -0.05) is 12.1 Å². The Bertz CT molecular complexity index is 839. The minimum Gasteiger partial charge on any atom is -0.439 e. The molecule has 9 heteroatoms. The van der Waals surface area contributed by atoms with Gasteiger partial charge < -0.3 is 19.9 Å². The lowest BCUT2D eigenvalue weighted by atomic mass is 9.93. The summed E-state index contributed by atoms with van der Waals surface area (Å²) >= 11 is 0. The molecule has 0 saturated carbocycles. The number of carbonyl (C=O) groups excluding carboxylic acids is 2. The highest BCUT2D eigenvalue weighted by Gasteiger charge is 2.47. The molecule has 27 heavy (non-hydrogen) atoms. The molecule has 0 unspecified atom stereocenters. The van der Waals surface area contributed by atoms with Crippen LogP contribution >= 0.6 is 0 Å². The first kappa shape index (κ1) is 17.3. The van der Waals surface area contributed by atoms with Crippen LogP contribution in [-0.4, -0.2) is 69.0 Å². The van der Waals surface area contributed by atoms with E-state index in [0.29, 0.717) is 26.2 Å². The summed E-state index contributed by atoms with van der Waals surface area (Å²) in [6, 6.07) is 7.46. The third-order valence-electron chi connectivity index (χ3n) is 4.96. The molecule has 4 rings (SSSR count). The highest BCUT2D eigenvalue weighted by molar-refractivity contribution is 5.89. The Hall–Kier alpha value is -3.10. The van der Waals surface area contributed by atoms with Crippen LogP contribution in [0.25, 0.3) is 0 Å². The minimum absolute atomic E-state index is 0.183. The van der Waals surface area contributed by atoms with Crippen molar-refractivity contribution in [2.24, 2.45) is 0 Å². The van der Waals surface area contributed by atoms with Gasteiger partial charge in [0.1, 0.15) is 18.3 Å². The van der Waals surface area contributed by atoms with Gasteiger partial charge in [0.25, 0.3) is 0 Å². The lowest BCUT2D eigenvalue weighted by Gasteiger charge is -2.38. The predicted octanol–water partition coefficient (Wildman–Crippen LogP) is 1.77. The molecule has 1 N–H and O–H groups in total. The van der Waals surface area contributed by atoms with Crippen molar-refractivity contribution in [2.45, 2.75) is 25.0 Å². The number of nitrogens with zero attached hydrogens (tertiary/aromatic N) is 5. The van der Waals surface area contributed by atoms with Gasteiger partial charge in [-0.2, -0.15) is 5.10 Å². The van der Waals surface area contributed by atoms with E-state index in [1.165, 1.54) is 6.33 Å². The zero-order valence-corrected chi connectivity index (χ0v) is 15.2. The maximum Gasteiger partial charge on any atom is 0.410 e. The highest BCUT2D eigenvalue weighted by atomic mass is 16.6. The Kier molecular flexibility index (Phi) is 4.43.